The smallest absolute Gasteiger partial charge is 0.159 e. The van der Waals surface area contributed by atoms with Gasteiger partial charge in [0, 0.05) is 29.1 Å². The first-order chi connectivity index (χ1) is 10.0. The third-order valence-corrected chi connectivity index (χ3v) is 3.57. The summed E-state index contributed by atoms with van der Waals surface area (Å²) >= 11 is 0. The number of hydrogen-bond acceptors (Lipinski definition) is 3. The van der Waals surface area contributed by atoms with Crippen LogP contribution in [-0.4, -0.2) is 16.5 Å². The first-order valence-electron chi connectivity index (χ1n) is 7.34. The van der Waals surface area contributed by atoms with Gasteiger partial charge in [0.2, 0.25) is 0 Å². The van der Waals surface area contributed by atoms with Crippen molar-refractivity contribution in [3.05, 3.63) is 46.5 Å². The minimum atomic E-state index is -0.201. The summed E-state index contributed by atoms with van der Waals surface area (Å²) in [6, 6.07) is 4.99. The van der Waals surface area contributed by atoms with E-state index < -0.39 is 0 Å². The van der Waals surface area contributed by atoms with Crippen molar-refractivity contribution >= 4 is 0 Å². The minimum absolute atomic E-state index is 0.201. The van der Waals surface area contributed by atoms with Gasteiger partial charge in [0.1, 0.15) is 5.82 Å². The maximum Gasteiger partial charge on any atom is 0.159 e. The van der Waals surface area contributed by atoms with E-state index in [1.807, 2.05) is 13.8 Å². The first kappa shape index (κ1) is 15.6. The highest BCUT2D eigenvalue weighted by Crippen LogP contribution is 2.21. The number of hydrogen-bond donors (Lipinski definition) is 1. The van der Waals surface area contributed by atoms with Crippen molar-refractivity contribution in [3.63, 3.8) is 0 Å². The summed E-state index contributed by atoms with van der Waals surface area (Å²) in [5.74, 6) is 0.458. The fraction of sp³-hybridized carbons (Fsp3) is 0.412. The van der Waals surface area contributed by atoms with Crippen LogP contribution in [0, 0.1) is 26.6 Å². The monoisotopic (exact) mass is 287 g/mol. The number of halogens is 1. The molecule has 112 valence electrons. The van der Waals surface area contributed by atoms with Gasteiger partial charge in [-0.3, -0.25) is 0 Å². The number of nitrogens with one attached hydrogen (secondary N) is 1. The van der Waals surface area contributed by atoms with Crippen LogP contribution < -0.4 is 5.32 Å². The lowest BCUT2D eigenvalue weighted by Gasteiger charge is -2.12. The van der Waals surface area contributed by atoms with E-state index in [0.29, 0.717) is 11.4 Å². The van der Waals surface area contributed by atoms with E-state index in [4.69, 9.17) is 0 Å². The lowest BCUT2D eigenvalue weighted by atomic mass is 10.1. The average molecular weight is 287 g/mol. The van der Waals surface area contributed by atoms with Crippen molar-refractivity contribution in [1.29, 1.82) is 0 Å². The van der Waals surface area contributed by atoms with Crippen molar-refractivity contribution in [2.75, 3.05) is 6.54 Å². The Hall–Kier alpha value is -1.81. The molecule has 0 bridgehead atoms. The maximum atomic E-state index is 13.4. The van der Waals surface area contributed by atoms with Gasteiger partial charge in [-0.1, -0.05) is 6.92 Å². The van der Waals surface area contributed by atoms with Crippen LogP contribution in [0.4, 0.5) is 4.39 Å². The van der Waals surface area contributed by atoms with E-state index >= 15 is 0 Å². The molecule has 1 N–H and O–H groups in total. The maximum absolute atomic E-state index is 13.4. The van der Waals surface area contributed by atoms with E-state index in [9.17, 15) is 4.39 Å². The molecule has 0 saturated carbocycles. The van der Waals surface area contributed by atoms with Crippen molar-refractivity contribution < 1.29 is 4.39 Å². The van der Waals surface area contributed by atoms with Crippen LogP contribution in [0.25, 0.3) is 11.4 Å². The summed E-state index contributed by atoms with van der Waals surface area (Å²) in [4.78, 5) is 9.16. The van der Waals surface area contributed by atoms with E-state index in [1.165, 1.54) is 6.07 Å². The quantitative estimate of drug-likeness (QED) is 0.852. The van der Waals surface area contributed by atoms with E-state index in [0.717, 1.165) is 42.0 Å². The molecule has 0 aliphatic heterocycles. The Kier molecular flexibility index (Phi) is 5.02. The van der Waals surface area contributed by atoms with Crippen LogP contribution in [0.15, 0.2) is 18.2 Å². The van der Waals surface area contributed by atoms with E-state index in [2.05, 4.69) is 22.2 Å². The summed E-state index contributed by atoms with van der Waals surface area (Å²) in [6.07, 6.45) is 1.10. The van der Waals surface area contributed by atoms with Crippen molar-refractivity contribution in [3.8, 4) is 11.4 Å². The standard InChI is InChI=1S/C17H22FN3/c1-5-8-19-10-15-12(3)20-17(21-13(15)4)14-6-7-16(18)11(2)9-14/h6-7,9,19H,5,8,10H2,1-4H3. The van der Waals surface area contributed by atoms with E-state index in [1.54, 1.807) is 19.1 Å². The Morgan fingerprint density at radius 1 is 1.10 bits per heavy atom. The molecule has 4 heteroatoms. The molecule has 0 fully saturated rings. The lowest BCUT2D eigenvalue weighted by molar-refractivity contribution is 0.618. The lowest BCUT2D eigenvalue weighted by Crippen LogP contribution is -2.17. The Balaban J connectivity index is 2.32. The molecule has 1 heterocycles. The number of nitrogens with zero attached hydrogens (tertiary/aromatic N) is 2. The van der Waals surface area contributed by atoms with E-state index in [-0.39, 0.29) is 5.82 Å². The predicted molar refractivity (Wildman–Crippen MR) is 83.6 cm³/mol. The summed E-state index contributed by atoms with van der Waals surface area (Å²) in [6.45, 7) is 9.66. The zero-order chi connectivity index (χ0) is 15.4. The molecule has 0 aliphatic carbocycles. The van der Waals surface area contributed by atoms with Crippen LogP contribution in [0.3, 0.4) is 0 Å². The molecule has 0 spiro atoms. The predicted octanol–water partition coefficient (Wildman–Crippen LogP) is 3.71. The van der Waals surface area contributed by atoms with Crippen LogP contribution >= 0.6 is 0 Å². The molecule has 3 nitrogen and oxygen atoms in total. The normalized spacial score (nSPS) is 10.9. The fourth-order valence-corrected chi connectivity index (χ4v) is 2.30. The van der Waals surface area contributed by atoms with Gasteiger partial charge in [0.25, 0.3) is 0 Å². The van der Waals surface area contributed by atoms with Crippen LogP contribution in [0.1, 0.15) is 35.9 Å². The molecular formula is C17H22FN3. The molecule has 2 rings (SSSR count). The van der Waals surface area contributed by atoms with Gasteiger partial charge in [-0.2, -0.15) is 0 Å². The molecule has 0 aliphatic rings. The number of benzene rings is 1. The van der Waals surface area contributed by atoms with Gasteiger partial charge in [0.15, 0.2) is 5.82 Å². The Labute approximate surface area is 125 Å². The SMILES string of the molecule is CCCNCc1c(C)nc(-c2ccc(F)c(C)c2)nc1C. The van der Waals surface area contributed by atoms with Crippen LogP contribution in [0.2, 0.25) is 0 Å². The number of aryl methyl sites for hydroxylation is 3. The molecule has 0 unspecified atom stereocenters. The molecule has 0 amide bonds. The zero-order valence-electron chi connectivity index (χ0n) is 13.1. The highest BCUT2D eigenvalue weighted by molar-refractivity contribution is 5.57. The third-order valence-electron chi connectivity index (χ3n) is 3.57. The Bertz CT molecular complexity index is 615. The topological polar surface area (TPSA) is 37.8 Å². The van der Waals surface area contributed by atoms with Gasteiger partial charge < -0.3 is 5.32 Å². The largest absolute Gasteiger partial charge is 0.313 e. The molecule has 21 heavy (non-hydrogen) atoms. The summed E-state index contributed by atoms with van der Waals surface area (Å²) in [7, 11) is 0. The van der Waals surface area contributed by atoms with Crippen LogP contribution in [-0.2, 0) is 6.54 Å². The van der Waals surface area contributed by atoms with Crippen LogP contribution in [0.5, 0.6) is 0 Å². The molecular weight excluding hydrogens is 265 g/mol. The highest BCUT2D eigenvalue weighted by Gasteiger charge is 2.10. The Morgan fingerprint density at radius 3 is 2.33 bits per heavy atom. The first-order valence-corrected chi connectivity index (χ1v) is 7.34. The van der Waals surface area contributed by atoms with Gasteiger partial charge in [-0.25, -0.2) is 14.4 Å². The third kappa shape index (κ3) is 3.64. The Morgan fingerprint density at radius 2 is 1.76 bits per heavy atom. The van der Waals surface area contributed by atoms with Crippen molar-refractivity contribution in [2.24, 2.45) is 0 Å². The zero-order valence-corrected chi connectivity index (χ0v) is 13.1. The fourth-order valence-electron chi connectivity index (χ4n) is 2.30. The second-order valence-corrected chi connectivity index (χ2v) is 5.34. The van der Waals surface area contributed by atoms with Gasteiger partial charge in [0.05, 0.1) is 0 Å². The summed E-state index contributed by atoms with van der Waals surface area (Å²) in [5, 5.41) is 3.38. The summed E-state index contributed by atoms with van der Waals surface area (Å²) in [5.41, 5.74) is 4.56. The summed E-state index contributed by atoms with van der Waals surface area (Å²) < 4.78 is 13.4. The molecule has 1 aromatic heterocycles. The minimum Gasteiger partial charge on any atom is -0.313 e. The number of aromatic nitrogens is 2. The second kappa shape index (κ2) is 6.76. The molecule has 1 aromatic carbocycles. The van der Waals surface area contributed by atoms with Gasteiger partial charge >= 0.3 is 0 Å². The molecule has 0 radical (unpaired) electrons. The molecule has 0 saturated heterocycles. The average Bonchev–Trinajstić information content (AvgIpc) is 2.44. The van der Waals surface area contributed by atoms with Crippen molar-refractivity contribution in [1.82, 2.24) is 15.3 Å². The number of rotatable bonds is 5. The van der Waals surface area contributed by atoms with Gasteiger partial charge in [-0.05, 0) is 57.5 Å². The van der Waals surface area contributed by atoms with Crippen molar-refractivity contribution in [2.45, 2.75) is 40.7 Å². The highest BCUT2D eigenvalue weighted by atomic mass is 19.1. The second-order valence-electron chi connectivity index (χ2n) is 5.34. The molecule has 2 aromatic rings. The molecule has 0 atom stereocenters. The van der Waals surface area contributed by atoms with Gasteiger partial charge in [-0.15, -0.1) is 0 Å².